The highest BCUT2D eigenvalue weighted by Crippen LogP contribution is 2.18. The lowest BCUT2D eigenvalue weighted by molar-refractivity contribution is -0.137. The summed E-state index contributed by atoms with van der Waals surface area (Å²) in [4.78, 5) is 47.8. The maximum Gasteiger partial charge on any atom is 0.407 e. The number of benzene rings is 2. The highest BCUT2D eigenvalue weighted by molar-refractivity contribution is 5.86. The number of amides is 3. The van der Waals surface area contributed by atoms with E-state index in [-0.39, 0.29) is 18.7 Å². The largest absolute Gasteiger partial charge is 0.481 e. The number of ether oxygens (including phenoxy) is 1. The topological polar surface area (TPSA) is 134 Å². The molecule has 0 heterocycles. The summed E-state index contributed by atoms with van der Waals surface area (Å²) in [6.45, 7) is 7.08. The second-order valence-electron chi connectivity index (χ2n) is 9.23. The van der Waals surface area contributed by atoms with Crippen molar-refractivity contribution >= 4 is 34.6 Å². The molecule has 0 aliphatic rings. The third kappa shape index (κ3) is 9.48. The number of carbonyl (C=O) groups is 4. The summed E-state index contributed by atoms with van der Waals surface area (Å²) in [7, 11) is 0. The Morgan fingerprint density at radius 2 is 1.59 bits per heavy atom. The molecular formula is C25H33N3O6. The van der Waals surface area contributed by atoms with E-state index in [1.165, 1.54) is 0 Å². The van der Waals surface area contributed by atoms with Crippen LogP contribution >= 0.6 is 0 Å². The van der Waals surface area contributed by atoms with E-state index in [2.05, 4.69) is 16.0 Å². The van der Waals surface area contributed by atoms with E-state index in [1.54, 1.807) is 27.7 Å². The molecule has 0 aromatic heterocycles. The van der Waals surface area contributed by atoms with Gasteiger partial charge in [0.05, 0.1) is 12.5 Å². The number of aliphatic carboxylic acids is 1. The molecule has 2 rings (SSSR count). The van der Waals surface area contributed by atoms with Crippen molar-refractivity contribution in [3.63, 3.8) is 0 Å². The third-order valence-corrected chi connectivity index (χ3v) is 4.83. The van der Waals surface area contributed by atoms with Crippen LogP contribution in [0, 0.1) is 0 Å². The molecule has 3 amide bonds. The third-order valence-electron chi connectivity index (χ3n) is 4.83. The monoisotopic (exact) mass is 471 g/mol. The SMILES string of the molecule is C[C@@H](CC(=O)NCc1cccc2ccccc12)NC(=O)CC(CC(=O)O)NC(=O)OC(C)(C)C. The second-order valence-corrected chi connectivity index (χ2v) is 9.23. The van der Waals surface area contributed by atoms with Crippen molar-refractivity contribution in [1.29, 1.82) is 0 Å². The number of carbonyl (C=O) groups excluding carboxylic acids is 3. The number of rotatable bonds is 10. The van der Waals surface area contributed by atoms with Gasteiger partial charge >= 0.3 is 12.1 Å². The predicted molar refractivity (Wildman–Crippen MR) is 128 cm³/mol. The lowest BCUT2D eigenvalue weighted by Crippen LogP contribution is -2.44. The summed E-state index contributed by atoms with van der Waals surface area (Å²) in [5.41, 5.74) is 0.237. The van der Waals surface area contributed by atoms with Gasteiger partial charge in [-0.1, -0.05) is 42.5 Å². The average molecular weight is 472 g/mol. The van der Waals surface area contributed by atoms with Crippen LogP contribution in [0.25, 0.3) is 10.8 Å². The van der Waals surface area contributed by atoms with Crippen molar-refractivity contribution < 1.29 is 29.0 Å². The minimum Gasteiger partial charge on any atom is -0.481 e. The minimum atomic E-state index is -1.16. The van der Waals surface area contributed by atoms with Crippen molar-refractivity contribution in [2.24, 2.45) is 0 Å². The first-order chi connectivity index (χ1) is 15.9. The number of carboxylic acids is 1. The van der Waals surface area contributed by atoms with Crippen LogP contribution in [-0.2, 0) is 25.7 Å². The van der Waals surface area contributed by atoms with Gasteiger partial charge < -0.3 is 25.8 Å². The van der Waals surface area contributed by atoms with E-state index >= 15 is 0 Å². The second kappa shape index (κ2) is 12.0. The summed E-state index contributed by atoms with van der Waals surface area (Å²) in [5, 5.41) is 19.2. The van der Waals surface area contributed by atoms with Gasteiger partial charge in [-0.25, -0.2) is 4.79 Å². The van der Waals surface area contributed by atoms with Crippen LogP contribution in [0.1, 0.15) is 52.5 Å². The van der Waals surface area contributed by atoms with Crippen LogP contribution in [0.4, 0.5) is 4.79 Å². The van der Waals surface area contributed by atoms with Crippen LogP contribution in [0.5, 0.6) is 0 Å². The van der Waals surface area contributed by atoms with Gasteiger partial charge in [0.15, 0.2) is 0 Å². The van der Waals surface area contributed by atoms with E-state index in [4.69, 9.17) is 9.84 Å². The number of alkyl carbamates (subject to hydrolysis) is 1. The zero-order valence-electron chi connectivity index (χ0n) is 20.0. The Bertz CT molecular complexity index is 1030. The van der Waals surface area contributed by atoms with Crippen LogP contribution in [-0.4, -0.2) is 46.7 Å². The molecule has 0 bridgehead atoms. The number of carboxylic acid groups (broad SMARTS) is 1. The van der Waals surface area contributed by atoms with Crippen molar-refractivity contribution in [3.05, 3.63) is 48.0 Å². The summed E-state index contributed by atoms with van der Waals surface area (Å²) in [6.07, 6.45) is -1.44. The molecule has 0 fully saturated rings. The van der Waals surface area contributed by atoms with Gasteiger partial charge in [0.2, 0.25) is 11.8 Å². The summed E-state index contributed by atoms with van der Waals surface area (Å²) >= 11 is 0. The average Bonchev–Trinajstić information content (AvgIpc) is 2.69. The summed E-state index contributed by atoms with van der Waals surface area (Å²) < 4.78 is 5.13. The first-order valence-corrected chi connectivity index (χ1v) is 11.2. The number of hydrogen-bond acceptors (Lipinski definition) is 5. The predicted octanol–water partition coefficient (Wildman–Crippen LogP) is 3.11. The van der Waals surface area contributed by atoms with Gasteiger partial charge in [0, 0.05) is 25.4 Å². The van der Waals surface area contributed by atoms with Crippen molar-refractivity contribution in [3.8, 4) is 0 Å². The first-order valence-electron chi connectivity index (χ1n) is 11.2. The van der Waals surface area contributed by atoms with E-state index in [0.29, 0.717) is 6.54 Å². The molecule has 184 valence electrons. The van der Waals surface area contributed by atoms with E-state index in [9.17, 15) is 19.2 Å². The molecule has 1 unspecified atom stereocenters. The van der Waals surface area contributed by atoms with Gasteiger partial charge in [-0.2, -0.15) is 0 Å². The molecule has 9 heteroatoms. The maximum absolute atomic E-state index is 12.4. The maximum atomic E-state index is 12.4. The fourth-order valence-corrected chi connectivity index (χ4v) is 3.46. The highest BCUT2D eigenvalue weighted by atomic mass is 16.6. The smallest absolute Gasteiger partial charge is 0.407 e. The summed E-state index contributed by atoms with van der Waals surface area (Å²) in [6, 6.07) is 12.4. The van der Waals surface area contributed by atoms with E-state index in [0.717, 1.165) is 16.3 Å². The molecule has 2 aromatic carbocycles. The van der Waals surface area contributed by atoms with E-state index < -0.39 is 42.1 Å². The van der Waals surface area contributed by atoms with Crippen molar-refractivity contribution in [1.82, 2.24) is 16.0 Å². The zero-order chi connectivity index (χ0) is 25.3. The summed E-state index contributed by atoms with van der Waals surface area (Å²) in [5.74, 6) is -1.86. The molecule has 0 aliphatic carbocycles. The Hall–Kier alpha value is -3.62. The minimum absolute atomic E-state index is 0.0552. The molecule has 4 N–H and O–H groups in total. The molecule has 0 spiro atoms. The Morgan fingerprint density at radius 1 is 0.912 bits per heavy atom. The van der Waals surface area contributed by atoms with Crippen LogP contribution < -0.4 is 16.0 Å². The highest BCUT2D eigenvalue weighted by Gasteiger charge is 2.24. The standard InChI is InChI=1S/C25H33N3O6/c1-16(12-21(29)26-15-18-10-7-9-17-8-5-6-11-20(17)18)27-22(30)13-19(14-23(31)32)28-24(33)34-25(2,3)4/h5-11,16,19H,12-15H2,1-4H3,(H,26,29)(H,27,30)(H,28,33)(H,31,32)/t16-,19?/m0/s1. The van der Waals surface area contributed by atoms with Crippen molar-refractivity contribution in [2.45, 2.75) is 71.2 Å². The molecule has 2 atom stereocenters. The quantitative estimate of drug-likeness (QED) is 0.421. The van der Waals surface area contributed by atoms with Gasteiger partial charge in [-0.05, 0) is 44.0 Å². The van der Waals surface area contributed by atoms with Crippen molar-refractivity contribution in [2.75, 3.05) is 0 Å². The molecule has 0 radical (unpaired) electrons. The Balaban J connectivity index is 1.84. The number of hydrogen-bond donors (Lipinski definition) is 4. The lowest BCUT2D eigenvalue weighted by Gasteiger charge is -2.23. The van der Waals surface area contributed by atoms with Gasteiger partial charge in [-0.15, -0.1) is 0 Å². The molecule has 2 aromatic rings. The first kappa shape index (κ1) is 26.6. The van der Waals surface area contributed by atoms with E-state index in [1.807, 2.05) is 42.5 Å². The Kier molecular flexibility index (Phi) is 9.41. The Labute approximate surface area is 199 Å². The number of fused-ring (bicyclic) bond motifs is 1. The molecule has 34 heavy (non-hydrogen) atoms. The van der Waals surface area contributed by atoms with Crippen LogP contribution in [0.15, 0.2) is 42.5 Å². The molecule has 0 aliphatic heterocycles. The fourth-order valence-electron chi connectivity index (χ4n) is 3.46. The molecular weight excluding hydrogens is 438 g/mol. The van der Waals surface area contributed by atoms with Crippen LogP contribution in [0.2, 0.25) is 0 Å². The van der Waals surface area contributed by atoms with Crippen LogP contribution in [0.3, 0.4) is 0 Å². The number of nitrogens with one attached hydrogen (secondary N) is 3. The van der Waals surface area contributed by atoms with Gasteiger partial charge in [0.25, 0.3) is 0 Å². The molecule has 0 saturated carbocycles. The lowest BCUT2D eigenvalue weighted by atomic mass is 10.0. The van der Waals surface area contributed by atoms with Gasteiger partial charge in [-0.3, -0.25) is 14.4 Å². The fraction of sp³-hybridized carbons (Fsp3) is 0.440. The molecule has 9 nitrogen and oxygen atoms in total. The zero-order valence-corrected chi connectivity index (χ0v) is 20.0. The van der Waals surface area contributed by atoms with Gasteiger partial charge in [0.1, 0.15) is 5.60 Å². The normalized spacial score (nSPS) is 12.9. The molecule has 0 saturated heterocycles. The Morgan fingerprint density at radius 3 is 2.26 bits per heavy atom.